The maximum absolute atomic E-state index is 5.19. The van der Waals surface area contributed by atoms with E-state index in [9.17, 15) is 0 Å². The molecule has 332 valence electrons. The van der Waals surface area contributed by atoms with Crippen LogP contribution in [0.25, 0.3) is 128 Å². The van der Waals surface area contributed by atoms with E-state index in [1.165, 1.54) is 38.1 Å². The summed E-state index contributed by atoms with van der Waals surface area (Å²) in [7, 11) is 0. The van der Waals surface area contributed by atoms with Crippen LogP contribution >= 0.6 is 0 Å². The molecule has 5 aromatic heterocycles. The van der Waals surface area contributed by atoms with Crippen molar-refractivity contribution in [1.82, 2.24) is 28.3 Å². The third-order valence-corrected chi connectivity index (χ3v) is 14.0. The second kappa shape index (κ2) is 16.5. The third kappa shape index (κ3) is 6.76. The lowest BCUT2D eigenvalue weighted by Crippen LogP contribution is -1.98. The van der Waals surface area contributed by atoms with Gasteiger partial charge in [-0.15, -0.1) is 0 Å². The normalized spacial score (nSPS) is 11.7. The molecule has 0 aliphatic heterocycles. The number of pyridine rings is 1. The predicted molar refractivity (Wildman–Crippen MR) is 292 cm³/mol. The van der Waals surface area contributed by atoms with Gasteiger partial charge in [0.1, 0.15) is 5.65 Å². The van der Waals surface area contributed by atoms with E-state index in [4.69, 9.17) is 9.97 Å². The fraction of sp³-hybridized carbons (Fsp3) is 0. The molecule has 0 radical (unpaired) electrons. The largest absolute Gasteiger partial charge is 0.309 e. The SMILES string of the molecule is c1ccc(-c2c(-c3ccccc3)n(-c3ccc(-c4nc5ccccn5c4-c4ccccc4)cc3)c3cc4ccc5cc(-c6ccc(-c7nc8ncccn8c7-c7ccccc7)cc6)ccc5c4cc23)cc1. The van der Waals surface area contributed by atoms with Gasteiger partial charge >= 0.3 is 0 Å². The molecule has 0 aliphatic carbocycles. The van der Waals surface area contributed by atoms with Crippen LogP contribution in [0.1, 0.15) is 0 Å². The summed E-state index contributed by atoms with van der Waals surface area (Å²) >= 11 is 0. The summed E-state index contributed by atoms with van der Waals surface area (Å²) in [5, 5.41) is 6.01. The van der Waals surface area contributed by atoms with Gasteiger partial charge in [0.05, 0.1) is 34.0 Å². The quantitative estimate of drug-likeness (QED) is 0.143. The molecule has 0 atom stereocenters. The summed E-state index contributed by atoms with van der Waals surface area (Å²) in [6.45, 7) is 0. The second-order valence-electron chi connectivity index (χ2n) is 18.1. The number of hydrogen-bond donors (Lipinski definition) is 0. The van der Waals surface area contributed by atoms with Crippen LogP contribution in [-0.2, 0) is 0 Å². The van der Waals surface area contributed by atoms with Gasteiger partial charge in [-0.25, -0.2) is 15.0 Å². The van der Waals surface area contributed by atoms with Gasteiger partial charge in [0.15, 0.2) is 0 Å². The van der Waals surface area contributed by atoms with E-state index >= 15 is 0 Å². The average Bonchev–Trinajstić information content (AvgIpc) is 4.14. The number of nitrogens with zero attached hydrogens (tertiary/aromatic N) is 6. The molecule has 14 aromatic rings. The molecular weight excluding hydrogens is 865 g/mol. The van der Waals surface area contributed by atoms with Gasteiger partial charge in [0, 0.05) is 57.5 Å². The molecule has 0 saturated heterocycles. The first kappa shape index (κ1) is 40.4. The molecule has 0 saturated carbocycles. The van der Waals surface area contributed by atoms with E-state index < -0.39 is 0 Å². The highest BCUT2D eigenvalue weighted by Gasteiger charge is 2.24. The summed E-state index contributed by atoms with van der Waals surface area (Å²) in [6, 6.07) is 84.8. The van der Waals surface area contributed by atoms with Crippen LogP contribution in [0.2, 0.25) is 0 Å². The molecular formula is C65H42N6. The van der Waals surface area contributed by atoms with Gasteiger partial charge in [0.25, 0.3) is 0 Å². The van der Waals surface area contributed by atoms with E-state index in [-0.39, 0.29) is 0 Å². The fourth-order valence-electron chi connectivity index (χ4n) is 10.7. The first-order valence-corrected chi connectivity index (χ1v) is 24.0. The van der Waals surface area contributed by atoms with Gasteiger partial charge in [-0.1, -0.05) is 188 Å². The van der Waals surface area contributed by atoms with E-state index in [0.717, 1.165) is 84.3 Å². The van der Waals surface area contributed by atoms with Crippen LogP contribution in [0.5, 0.6) is 0 Å². The number of benzene rings is 9. The number of aromatic nitrogens is 6. The number of fused-ring (bicyclic) bond motifs is 6. The molecule has 6 nitrogen and oxygen atoms in total. The Hall–Kier alpha value is -9.65. The molecule has 0 bridgehead atoms. The minimum atomic E-state index is 0.681. The number of rotatable bonds is 8. The molecule has 0 unspecified atom stereocenters. The number of imidazole rings is 2. The molecule has 0 N–H and O–H groups in total. The Morgan fingerprint density at radius 2 is 0.859 bits per heavy atom. The molecule has 0 amide bonds. The van der Waals surface area contributed by atoms with Crippen molar-refractivity contribution in [2.75, 3.05) is 0 Å². The topological polar surface area (TPSA) is 52.4 Å². The van der Waals surface area contributed by atoms with Gasteiger partial charge in [-0.2, -0.15) is 0 Å². The van der Waals surface area contributed by atoms with Gasteiger partial charge < -0.3 is 4.57 Å². The van der Waals surface area contributed by atoms with Crippen LogP contribution in [0.4, 0.5) is 0 Å². The van der Waals surface area contributed by atoms with Crippen molar-refractivity contribution in [2.45, 2.75) is 0 Å². The highest BCUT2D eigenvalue weighted by Crippen LogP contribution is 2.46. The Kier molecular flexibility index (Phi) is 9.42. The smallest absolute Gasteiger partial charge is 0.234 e. The van der Waals surface area contributed by atoms with Gasteiger partial charge in [0.2, 0.25) is 5.78 Å². The average molecular weight is 907 g/mol. The van der Waals surface area contributed by atoms with E-state index in [2.05, 4.69) is 243 Å². The molecule has 9 aromatic carbocycles. The molecule has 14 rings (SSSR count). The van der Waals surface area contributed by atoms with Crippen LogP contribution < -0.4 is 0 Å². The van der Waals surface area contributed by atoms with E-state index in [0.29, 0.717) is 5.78 Å². The maximum atomic E-state index is 5.19. The van der Waals surface area contributed by atoms with Gasteiger partial charge in [-0.3, -0.25) is 8.80 Å². The third-order valence-electron chi connectivity index (χ3n) is 14.0. The van der Waals surface area contributed by atoms with Crippen molar-refractivity contribution in [3.63, 3.8) is 0 Å². The van der Waals surface area contributed by atoms with Crippen LogP contribution in [-0.4, -0.2) is 28.3 Å². The lowest BCUT2D eigenvalue weighted by molar-refractivity contribution is 1.11. The van der Waals surface area contributed by atoms with Crippen molar-refractivity contribution in [3.8, 4) is 84.2 Å². The number of hydrogen-bond acceptors (Lipinski definition) is 3. The monoisotopic (exact) mass is 906 g/mol. The standard InChI is InChI=1S/C65H42N6/c1-5-16-44(17-6-1)59-56-42-55-52(30-29-51-40-50(33-36-54(51)55)43-25-27-45(28-26-43)61-64(49-22-11-4-12-23-49)70-39-15-37-66-65(70)68-61)41-57(56)71(62(59)47-18-7-2-8-19-47)53-34-31-46(32-35-53)60-63(48-20-9-3-10-21-48)69-38-14-13-24-58(69)67-60/h1-42H. The van der Waals surface area contributed by atoms with Gasteiger partial charge in [-0.05, 0) is 92.3 Å². The van der Waals surface area contributed by atoms with Crippen molar-refractivity contribution >= 4 is 43.9 Å². The Morgan fingerprint density at radius 1 is 0.324 bits per heavy atom. The molecule has 71 heavy (non-hydrogen) atoms. The Labute approximate surface area is 409 Å². The zero-order valence-corrected chi connectivity index (χ0v) is 38.4. The van der Waals surface area contributed by atoms with Crippen LogP contribution in [0.15, 0.2) is 255 Å². The molecule has 6 heteroatoms. The summed E-state index contributed by atoms with van der Waals surface area (Å²) < 4.78 is 6.72. The zero-order valence-electron chi connectivity index (χ0n) is 38.4. The molecule has 0 spiro atoms. The highest BCUT2D eigenvalue weighted by atomic mass is 15.1. The molecule has 0 fully saturated rings. The van der Waals surface area contributed by atoms with E-state index in [1.807, 2.05) is 24.4 Å². The lowest BCUT2D eigenvalue weighted by Gasteiger charge is -2.14. The van der Waals surface area contributed by atoms with Crippen molar-refractivity contribution < 1.29 is 0 Å². The van der Waals surface area contributed by atoms with Crippen LogP contribution in [0, 0.1) is 0 Å². The summed E-state index contributed by atoms with van der Waals surface area (Å²) in [6.07, 6.45) is 5.92. The summed E-state index contributed by atoms with van der Waals surface area (Å²) in [5.41, 5.74) is 18.4. The Morgan fingerprint density at radius 3 is 1.54 bits per heavy atom. The molecule has 0 aliphatic rings. The highest BCUT2D eigenvalue weighted by molar-refractivity contribution is 6.17. The Bertz CT molecular complexity index is 4290. The van der Waals surface area contributed by atoms with Crippen LogP contribution in [0.3, 0.4) is 0 Å². The van der Waals surface area contributed by atoms with Crippen molar-refractivity contribution in [3.05, 3.63) is 255 Å². The summed E-state index contributed by atoms with van der Waals surface area (Å²) in [5.74, 6) is 0.681. The van der Waals surface area contributed by atoms with E-state index in [1.54, 1.807) is 6.20 Å². The minimum Gasteiger partial charge on any atom is -0.309 e. The zero-order chi connectivity index (χ0) is 46.8. The van der Waals surface area contributed by atoms with Crippen molar-refractivity contribution in [2.24, 2.45) is 0 Å². The molecule has 5 heterocycles. The first-order chi connectivity index (χ1) is 35.2. The lowest BCUT2D eigenvalue weighted by atomic mass is 9.94. The summed E-state index contributed by atoms with van der Waals surface area (Å²) in [4.78, 5) is 14.8. The first-order valence-electron chi connectivity index (χ1n) is 24.0. The maximum Gasteiger partial charge on any atom is 0.234 e. The fourth-order valence-corrected chi connectivity index (χ4v) is 10.7. The predicted octanol–water partition coefficient (Wildman–Crippen LogP) is 16.3. The Balaban J connectivity index is 0.904. The minimum absolute atomic E-state index is 0.681. The second-order valence-corrected chi connectivity index (χ2v) is 18.1. The van der Waals surface area contributed by atoms with Crippen molar-refractivity contribution in [1.29, 1.82) is 0 Å².